The minimum absolute atomic E-state index is 0.00661. The second-order valence-corrected chi connectivity index (χ2v) is 6.48. The minimum atomic E-state index is -0.00661. The molecule has 1 aromatic rings. The summed E-state index contributed by atoms with van der Waals surface area (Å²) in [4.78, 5) is 28.4. The molecule has 6 nitrogen and oxygen atoms in total. The van der Waals surface area contributed by atoms with Crippen molar-refractivity contribution in [2.24, 2.45) is 5.92 Å². The highest BCUT2D eigenvalue weighted by Gasteiger charge is 2.25. The van der Waals surface area contributed by atoms with E-state index in [9.17, 15) is 9.59 Å². The summed E-state index contributed by atoms with van der Waals surface area (Å²) in [7, 11) is 1.59. The van der Waals surface area contributed by atoms with Gasteiger partial charge in [0.15, 0.2) is 0 Å². The van der Waals surface area contributed by atoms with Gasteiger partial charge in [0.1, 0.15) is 5.75 Å². The first-order chi connectivity index (χ1) is 11.7. The van der Waals surface area contributed by atoms with E-state index < -0.39 is 0 Å². The molecule has 130 valence electrons. The molecule has 1 N–H and O–H groups in total. The maximum absolute atomic E-state index is 12.6. The summed E-state index contributed by atoms with van der Waals surface area (Å²) in [5, 5.41) is 3.23. The number of rotatable bonds is 6. The van der Waals surface area contributed by atoms with Crippen molar-refractivity contribution in [2.75, 3.05) is 46.4 Å². The van der Waals surface area contributed by atoms with Gasteiger partial charge in [-0.1, -0.05) is 6.07 Å². The maximum Gasteiger partial charge on any atom is 0.254 e. The second kappa shape index (κ2) is 7.66. The lowest BCUT2D eigenvalue weighted by Gasteiger charge is -2.35. The Labute approximate surface area is 142 Å². The monoisotopic (exact) mass is 331 g/mol. The lowest BCUT2D eigenvalue weighted by Crippen LogP contribution is -2.52. The van der Waals surface area contributed by atoms with Crippen molar-refractivity contribution in [2.45, 2.75) is 12.8 Å². The molecule has 0 aromatic heterocycles. The Morgan fingerprint density at radius 2 is 1.88 bits per heavy atom. The van der Waals surface area contributed by atoms with Crippen LogP contribution in [0.25, 0.3) is 0 Å². The summed E-state index contributed by atoms with van der Waals surface area (Å²) < 4.78 is 5.17. The van der Waals surface area contributed by atoms with Crippen LogP contribution in [0.1, 0.15) is 23.2 Å². The minimum Gasteiger partial charge on any atom is -0.497 e. The fraction of sp³-hybridized carbons (Fsp3) is 0.556. The van der Waals surface area contributed by atoms with Gasteiger partial charge in [-0.2, -0.15) is 0 Å². The van der Waals surface area contributed by atoms with Crippen LogP contribution in [-0.4, -0.2) is 68.0 Å². The number of nitrogens with one attached hydrogen (secondary N) is 1. The summed E-state index contributed by atoms with van der Waals surface area (Å²) in [6, 6.07) is 7.19. The third kappa shape index (κ3) is 4.26. The van der Waals surface area contributed by atoms with Crippen LogP contribution in [0.4, 0.5) is 0 Å². The van der Waals surface area contributed by atoms with Crippen LogP contribution in [0, 0.1) is 5.92 Å². The molecule has 0 bridgehead atoms. The van der Waals surface area contributed by atoms with Crippen LogP contribution < -0.4 is 10.1 Å². The summed E-state index contributed by atoms with van der Waals surface area (Å²) in [5.41, 5.74) is 0.625. The lowest BCUT2D eigenvalue weighted by molar-refractivity contribution is -0.131. The van der Waals surface area contributed by atoms with Crippen molar-refractivity contribution in [3.05, 3.63) is 29.8 Å². The van der Waals surface area contributed by atoms with Gasteiger partial charge in [-0.3, -0.25) is 9.59 Å². The molecule has 2 amide bonds. The fourth-order valence-electron chi connectivity index (χ4n) is 2.91. The molecule has 0 radical (unpaired) electrons. The van der Waals surface area contributed by atoms with Gasteiger partial charge in [-0.05, 0) is 43.5 Å². The van der Waals surface area contributed by atoms with Gasteiger partial charge in [-0.25, -0.2) is 0 Å². The molecule has 6 heteroatoms. The third-order valence-electron chi connectivity index (χ3n) is 4.64. The first-order valence-electron chi connectivity index (χ1n) is 8.59. The van der Waals surface area contributed by atoms with E-state index in [0.717, 1.165) is 12.5 Å². The first kappa shape index (κ1) is 16.8. The highest BCUT2D eigenvalue weighted by Crippen LogP contribution is 2.27. The summed E-state index contributed by atoms with van der Waals surface area (Å²) >= 11 is 0. The Bertz CT molecular complexity index is 593. The zero-order chi connectivity index (χ0) is 16.9. The molecule has 1 aliphatic carbocycles. The fourth-order valence-corrected chi connectivity index (χ4v) is 2.91. The van der Waals surface area contributed by atoms with Gasteiger partial charge < -0.3 is 19.9 Å². The quantitative estimate of drug-likeness (QED) is 0.844. The van der Waals surface area contributed by atoms with Crippen LogP contribution in [0.2, 0.25) is 0 Å². The van der Waals surface area contributed by atoms with Crippen molar-refractivity contribution >= 4 is 11.8 Å². The molecule has 1 heterocycles. The predicted molar refractivity (Wildman–Crippen MR) is 91.1 cm³/mol. The summed E-state index contributed by atoms with van der Waals surface area (Å²) in [6.45, 7) is 3.69. The van der Waals surface area contributed by atoms with Crippen LogP contribution in [-0.2, 0) is 4.79 Å². The number of piperazine rings is 1. The number of amides is 2. The van der Waals surface area contributed by atoms with E-state index in [0.29, 0.717) is 44.0 Å². The molecular weight excluding hydrogens is 306 g/mol. The number of methoxy groups -OCH3 is 1. The van der Waals surface area contributed by atoms with Gasteiger partial charge in [0.2, 0.25) is 5.91 Å². The molecule has 0 unspecified atom stereocenters. The Balaban J connectivity index is 1.46. The number of hydrogen-bond acceptors (Lipinski definition) is 4. The lowest BCUT2D eigenvalue weighted by atomic mass is 10.1. The zero-order valence-corrected chi connectivity index (χ0v) is 14.2. The molecule has 3 rings (SSSR count). The number of hydrogen-bond donors (Lipinski definition) is 1. The highest BCUT2D eigenvalue weighted by atomic mass is 16.5. The van der Waals surface area contributed by atoms with E-state index in [1.807, 2.05) is 17.0 Å². The van der Waals surface area contributed by atoms with E-state index in [-0.39, 0.29) is 11.8 Å². The van der Waals surface area contributed by atoms with Crippen molar-refractivity contribution in [3.8, 4) is 5.75 Å². The first-order valence-corrected chi connectivity index (χ1v) is 8.59. The Morgan fingerprint density at radius 1 is 1.17 bits per heavy atom. The van der Waals surface area contributed by atoms with Crippen molar-refractivity contribution < 1.29 is 14.3 Å². The second-order valence-electron chi connectivity index (χ2n) is 6.48. The SMILES string of the molecule is COc1cccc(C(=O)N2CCN(C(=O)CNCC3CC3)CC2)c1. The van der Waals surface area contributed by atoms with E-state index in [1.54, 1.807) is 24.1 Å². The van der Waals surface area contributed by atoms with Gasteiger partial charge in [0.25, 0.3) is 5.91 Å². The number of carbonyl (C=O) groups is 2. The largest absolute Gasteiger partial charge is 0.497 e. The smallest absolute Gasteiger partial charge is 0.254 e. The van der Waals surface area contributed by atoms with Crippen LogP contribution in [0.3, 0.4) is 0 Å². The maximum atomic E-state index is 12.6. The average molecular weight is 331 g/mol. The van der Waals surface area contributed by atoms with Gasteiger partial charge in [-0.15, -0.1) is 0 Å². The molecule has 2 aliphatic rings. The van der Waals surface area contributed by atoms with Crippen molar-refractivity contribution in [3.63, 3.8) is 0 Å². The summed E-state index contributed by atoms with van der Waals surface area (Å²) in [6.07, 6.45) is 2.57. The Morgan fingerprint density at radius 3 is 2.54 bits per heavy atom. The Kier molecular flexibility index (Phi) is 5.35. The normalized spacial score (nSPS) is 17.7. The molecule has 2 fully saturated rings. The standard InChI is InChI=1S/C18H25N3O3/c1-24-16-4-2-3-15(11-16)18(23)21-9-7-20(8-10-21)17(22)13-19-12-14-5-6-14/h2-4,11,14,19H,5-10,12-13H2,1H3. The average Bonchev–Trinajstić information content (AvgIpc) is 3.45. The van der Waals surface area contributed by atoms with Crippen molar-refractivity contribution in [1.29, 1.82) is 0 Å². The highest BCUT2D eigenvalue weighted by molar-refractivity contribution is 5.94. The van der Waals surface area contributed by atoms with Crippen LogP contribution >= 0.6 is 0 Å². The van der Waals surface area contributed by atoms with E-state index in [4.69, 9.17) is 4.74 Å². The molecular formula is C18H25N3O3. The molecule has 1 saturated heterocycles. The molecule has 1 aliphatic heterocycles. The molecule has 1 aromatic carbocycles. The van der Waals surface area contributed by atoms with Gasteiger partial charge in [0, 0.05) is 31.7 Å². The number of ether oxygens (including phenoxy) is 1. The number of carbonyl (C=O) groups excluding carboxylic acids is 2. The van der Waals surface area contributed by atoms with Gasteiger partial charge in [0.05, 0.1) is 13.7 Å². The Hall–Kier alpha value is -2.08. The van der Waals surface area contributed by atoms with E-state index in [1.165, 1.54) is 12.8 Å². The van der Waals surface area contributed by atoms with Gasteiger partial charge >= 0.3 is 0 Å². The zero-order valence-electron chi connectivity index (χ0n) is 14.2. The van der Waals surface area contributed by atoms with E-state index in [2.05, 4.69) is 5.32 Å². The van der Waals surface area contributed by atoms with Crippen molar-refractivity contribution in [1.82, 2.24) is 15.1 Å². The number of nitrogens with zero attached hydrogens (tertiary/aromatic N) is 2. The molecule has 0 atom stereocenters. The van der Waals surface area contributed by atoms with Crippen LogP contribution in [0.15, 0.2) is 24.3 Å². The topological polar surface area (TPSA) is 61.9 Å². The molecule has 1 saturated carbocycles. The summed E-state index contributed by atoms with van der Waals surface area (Å²) in [5.74, 6) is 1.57. The predicted octanol–water partition coefficient (Wildman–Crippen LogP) is 0.979. The molecule has 0 spiro atoms. The van der Waals surface area contributed by atoms with E-state index >= 15 is 0 Å². The van der Waals surface area contributed by atoms with Crippen LogP contribution in [0.5, 0.6) is 5.75 Å². The molecule has 24 heavy (non-hydrogen) atoms. The number of benzene rings is 1. The third-order valence-corrected chi connectivity index (χ3v) is 4.64.